The van der Waals surface area contributed by atoms with Crippen LogP contribution in [0.1, 0.15) is 316 Å². The minimum absolute atomic E-state index is 0.0694. The van der Waals surface area contributed by atoms with Crippen molar-refractivity contribution in [3.05, 3.63) is 48.6 Å². The lowest BCUT2D eigenvalue weighted by molar-refractivity contribution is -0.161. The number of esters is 2. The number of hydrogen-bond donors (Lipinski definition) is 1. The summed E-state index contributed by atoms with van der Waals surface area (Å²) in [7, 11) is 0. The first kappa shape index (κ1) is 64.9. The van der Waals surface area contributed by atoms with Gasteiger partial charge in [-0.25, -0.2) is 0 Å². The fourth-order valence-electron chi connectivity index (χ4n) is 8.96. The molecule has 0 aromatic rings. The molecule has 1 atom stereocenters. The van der Waals surface area contributed by atoms with Crippen LogP contribution in [0.5, 0.6) is 0 Å². The molecule has 0 radical (unpaired) electrons. The molecule has 0 aliphatic heterocycles. The number of aliphatic hydroxyl groups excluding tert-OH is 1. The summed E-state index contributed by atoms with van der Waals surface area (Å²) in [6.45, 7) is 4.06. The van der Waals surface area contributed by atoms with Gasteiger partial charge >= 0.3 is 11.9 Å². The van der Waals surface area contributed by atoms with Crippen LogP contribution in [0, 0.1) is 0 Å². The summed E-state index contributed by atoms with van der Waals surface area (Å²) in [6, 6.07) is 0. The number of aliphatic hydroxyl groups is 1. The molecule has 0 spiro atoms. The number of ether oxygens (including phenoxy) is 2. The van der Waals surface area contributed by atoms with Crippen molar-refractivity contribution in [3.8, 4) is 0 Å². The summed E-state index contributed by atoms with van der Waals surface area (Å²) in [5.41, 5.74) is 0. The predicted molar refractivity (Wildman–Crippen MR) is 293 cm³/mol. The number of hydrogen-bond acceptors (Lipinski definition) is 5. The smallest absolute Gasteiger partial charge is 0.306 e. The lowest BCUT2D eigenvalue weighted by Gasteiger charge is -2.15. The van der Waals surface area contributed by atoms with Gasteiger partial charge in [-0.2, -0.15) is 0 Å². The van der Waals surface area contributed by atoms with Gasteiger partial charge in [0.15, 0.2) is 6.10 Å². The van der Waals surface area contributed by atoms with Crippen LogP contribution < -0.4 is 0 Å². The van der Waals surface area contributed by atoms with E-state index in [0.717, 1.165) is 70.6 Å². The van der Waals surface area contributed by atoms with E-state index in [1.165, 1.54) is 218 Å². The first-order valence-electron chi connectivity index (χ1n) is 29.7. The molecule has 5 heteroatoms. The van der Waals surface area contributed by atoms with E-state index in [0.29, 0.717) is 12.8 Å². The van der Waals surface area contributed by atoms with E-state index in [2.05, 4.69) is 62.5 Å². The highest BCUT2D eigenvalue weighted by Gasteiger charge is 2.16. The van der Waals surface area contributed by atoms with Crippen LogP contribution in [0.3, 0.4) is 0 Å². The second kappa shape index (κ2) is 58.2. The SMILES string of the molecule is CC/C=C\C/C=C\C/C=C\C/C=C\CCCCCCCCC(=O)OC(CO)COC(=O)CCCCCCCCCCCCCCCCCCCCCCCCCCCCCCCCCCCC. The van der Waals surface area contributed by atoms with Crippen LogP contribution in [0.2, 0.25) is 0 Å². The topological polar surface area (TPSA) is 72.8 Å². The van der Waals surface area contributed by atoms with Crippen molar-refractivity contribution >= 4 is 11.9 Å². The Balaban J connectivity index is 3.40. The molecule has 1 unspecified atom stereocenters. The summed E-state index contributed by atoms with van der Waals surface area (Å²) in [5.74, 6) is -0.594. The number of allylic oxidation sites excluding steroid dienone is 8. The van der Waals surface area contributed by atoms with E-state index in [4.69, 9.17) is 9.47 Å². The van der Waals surface area contributed by atoms with Gasteiger partial charge < -0.3 is 14.6 Å². The third kappa shape index (κ3) is 56.3. The summed E-state index contributed by atoms with van der Waals surface area (Å²) >= 11 is 0. The van der Waals surface area contributed by atoms with Crippen molar-refractivity contribution in [2.45, 2.75) is 322 Å². The van der Waals surface area contributed by atoms with Gasteiger partial charge in [-0.05, 0) is 51.4 Å². The predicted octanol–water partition coefficient (Wildman–Crippen LogP) is 20.0. The van der Waals surface area contributed by atoms with Gasteiger partial charge in [-0.3, -0.25) is 9.59 Å². The maximum Gasteiger partial charge on any atom is 0.306 e. The van der Waals surface area contributed by atoms with Crippen LogP contribution in [-0.2, 0) is 19.1 Å². The molecule has 0 bridgehead atoms. The zero-order valence-electron chi connectivity index (χ0n) is 44.9. The maximum absolute atomic E-state index is 12.3. The van der Waals surface area contributed by atoms with Crippen molar-refractivity contribution < 1.29 is 24.2 Å². The van der Waals surface area contributed by atoms with E-state index in [9.17, 15) is 14.7 Å². The van der Waals surface area contributed by atoms with Gasteiger partial charge in [0.05, 0.1) is 6.61 Å². The van der Waals surface area contributed by atoms with Gasteiger partial charge in [0.25, 0.3) is 0 Å². The molecule has 0 aliphatic carbocycles. The lowest BCUT2D eigenvalue weighted by atomic mass is 10.0. The third-order valence-corrected chi connectivity index (χ3v) is 13.4. The number of carbonyl (C=O) groups excluding carboxylic acids is 2. The van der Waals surface area contributed by atoms with E-state index in [1.54, 1.807) is 0 Å². The van der Waals surface area contributed by atoms with Crippen molar-refractivity contribution in [2.75, 3.05) is 13.2 Å². The molecular weight excluding hydrogens is 825 g/mol. The quantitative estimate of drug-likeness (QED) is 0.0374. The maximum atomic E-state index is 12.3. The summed E-state index contributed by atoms with van der Waals surface area (Å²) in [6.07, 6.45) is 76.9. The second-order valence-electron chi connectivity index (χ2n) is 20.1. The minimum atomic E-state index is -0.780. The summed E-state index contributed by atoms with van der Waals surface area (Å²) < 4.78 is 10.7. The highest BCUT2D eigenvalue weighted by Crippen LogP contribution is 2.18. The molecule has 0 aromatic heterocycles. The molecule has 0 rings (SSSR count). The van der Waals surface area contributed by atoms with Crippen molar-refractivity contribution in [3.63, 3.8) is 0 Å². The minimum Gasteiger partial charge on any atom is -0.462 e. The number of unbranched alkanes of at least 4 members (excludes halogenated alkanes) is 39. The van der Waals surface area contributed by atoms with E-state index in [-0.39, 0.29) is 25.2 Å². The van der Waals surface area contributed by atoms with Gasteiger partial charge in [-0.15, -0.1) is 0 Å². The molecule has 0 saturated heterocycles. The Morgan fingerprint density at radius 1 is 0.358 bits per heavy atom. The zero-order chi connectivity index (χ0) is 48.5. The Hall–Kier alpha value is -2.14. The Bertz CT molecular complexity index is 1110. The van der Waals surface area contributed by atoms with Gasteiger partial charge in [-0.1, -0.05) is 300 Å². The van der Waals surface area contributed by atoms with Crippen LogP contribution in [0.4, 0.5) is 0 Å². The highest BCUT2D eigenvalue weighted by molar-refractivity contribution is 5.70. The number of rotatable bonds is 55. The Morgan fingerprint density at radius 3 is 0.970 bits per heavy atom. The van der Waals surface area contributed by atoms with Crippen LogP contribution >= 0.6 is 0 Å². The molecule has 0 amide bonds. The molecular formula is C62H114O5. The third-order valence-electron chi connectivity index (χ3n) is 13.4. The van der Waals surface area contributed by atoms with Crippen molar-refractivity contribution in [2.24, 2.45) is 0 Å². The van der Waals surface area contributed by atoms with Crippen molar-refractivity contribution in [1.82, 2.24) is 0 Å². The molecule has 0 aromatic carbocycles. The average Bonchev–Trinajstić information content (AvgIpc) is 3.33. The monoisotopic (exact) mass is 939 g/mol. The zero-order valence-corrected chi connectivity index (χ0v) is 44.9. The molecule has 0 fully saturated rings. The Morgan fingerprint density at radius 2 is 0.642 bits per heavy atom. The lowest BCUT2D eigenvalue weighted by Crippen LogP contribution is -2.28. The fraction of sp³-hybridized carbons (Fsp3) is 0.839. The van der Waals surface area contributed by atoms with E-state index < -0.39 is 6.10 Å². The Kier molecular flexibility index (Phi) is 56.3. The molecule has 1 N–H and O–H groups in total. The normalized spacial score (nSPS) is 12.5. The first-order chi connectivity index (χ1) is 33.1. The first-order valence-corrected chi connectivity index (χ1v) is 29.7. The van der Waals surface area contributed by atoms with Gasteiger partial charge in [0, 0.05) is 12.8 Å². The standard InChI is InChI=1S/C62H114O5/c1-3-5-7-9-11-13-15-17-19-21-23-24-25-26-27-28-29-30-31-32-33-34-35-36-37-39-40-42-44-46-48-50-52-54-56-61(64)66-59-60(58-63)67-62(65)57-55-53-51-49-47-45-43-41-38-22-20-18-16-14-12-10-8-6-4-2/h6,8,12,14,18,20,38,41,60,63H,3-5,7,9-11,13,15-17,19,21-37,39-40,42-59H2,1-2H3/b8-6-,14-12-,20-18-,41-38-. The van der Waals surface area contributed by atoms with E-state index >= 15 is 0 Å². The number of carbonyl (C=O) groups is 2. The van der Waals surface area contributed by atoms with Crippen LogP contribution in [0.25, 0.3) is 0 Å². The van der Waals surface area contributed by atoms with Crippen molar-refractivity contribution in [1.29, 1.82) is 0 Å². The molecule has 0 aliphatic rings. The van der Waals surface area contributed by atoms with Gasteiger partial charge in [0.2, 0.25) is 0 Å². The van der Waals surface area contributed by atoms with Crippen LogP contribution in [-0.4, -0.2) is 36.4 Å². The molecule has 392 valence electrons. The molecule has 5 nitrogen and oxygen atoms in total. The van der Waals surface area contributed by atoms with Crippen LogP contribution in [0.15, 0.2) is 48.6 Å². The highest BCUT2D eigenvalue weighted by atomic mass is 16.6. The summed E-state index contributed by atoms with van der Waals surface area (Å²) in [4.78, 5) is 24.5. The fourth-order valence-corrected chi connectivity index (χ4v) is 8.96. The summed E-state index contributed by atoms with van der Waals surface area (Å²) in [5, 5.41) is 9.64. The largest absolute Gasteiger partial charge is 0.462 e. The Labute approximate surface area is 418 Å². The second-order valence-corrected chi connectivity index (χ2v) is 20.1. The molecule has 0 heterocycles. The van der Waals surface area contributed by atoms with E-state index in [1.807, 2.05) is 0 Å². The molecule has 0 saturated carbocycles. The molecule has 67 heavy (non-hydrogen) atoms. The van der Waals surface area contributed by atoms with Gasteiger partial charge in [0.1, 0.15) is 6.61 Å². The average molecular weight is 940 g/mol.